The van der Waals surface area contributed by atoms with Gasteiger partial charge in [0.1, 0.15) is 0 Å². The molecule has 0 unspecified atom stereocenters. The third-order valence-electron chi connectivity index (χ3n) is 2.31. The molecule has 2 N–H and O–H groups in total. The zero-order chi connectivity index (χ0) is 11.8. The number of hydrogen-bond acceptors (Lipinski definition) is 3. The second kappa shape index (κ2) is 6.85. The molecule has 0 saturated carbocycles. The Hall–Kier alpha value is -1.55. The summed E-state index contributed by atoms with van der Waals surface area (Å²) in [5.74, 6) is -0.781. The van der Waals surface area contributed by atoms with Crippen molar-refractivity contribution in [2.75, 3.05) is 24.6 Å². The second-order valence-electron chi connectivity index (χ2n) is 3.54. The van der Waals surface area contributed by atoms with Crippen molar-refractivity contribution >= 4 is 11.7 Å². The van der Waals surface area contributed by atoms with Crippen molar-refractivity contribution in [1.29, 1.82) is 0 Å². The minimum atomic E-state index is -0.781. The van der Waals surface area contributed by atoms with Crippen LogP contribution in [0.5, 0.6) is 0 Å². The van der Waals surface area contributed by atoms with Gasteiger partial charge in [-0.15, -0.1) is 0 Å². The van der Waals surface area contributed by atoms with Gasteiger partial charge in [0.2, 0.25) is 0 Å². The number of aliphatic hydroxyl groups is 1. The molecule has 0 fully saturated rings. The highest BCUT2D eigenvalue weighted by atomic mass is 16.4. The van der Waals surface area contributed by atoms with Crippen LogP contribution in [0.2, 0.25) is 0 Å². The number of para-hydroxylation sites is 1. The van der Waals surface area contributed by atoms with Crippen LogP contribution >= 0.6 is 0 Å². The summed E-state index contributed by atoms with van der Waals surface area (Å²) >= 11 is 0. The highest BCUT2D eigenvalue weighted by Gasteiger charge is 2.06. The molecule has 1 rings (SSSR count). The van der Waals surface area contributed by atoms with Crippen LogP contribution in [0.15, 0.2) is 30.3 Å². The fourth-order valence-corrected chi connectivity index (χ4v) is 1.55. The van der Waals surface area contributed by atoms with Gasteiger partial charge in [-0.2, -0.15) is 0 Å². The van der Waals surface area contributed by atoms with E-state index >= 15 is 0 Å². The SMILES string of the molecule is O=C(O)CCCN(CCO)c1ccccc1. The summed E-state index contributed by atoms with van der Waals surface area (Å²) in [4.78, 5) is 12.4. The van der Waals surface area contributed by atoms with Crippen molar-refractivity contribution in [3.05, 3.63) is 30.3 Å². The zero-order valence-electron chi connectivity index (χ0n) is 9.17. The van der Waals surface area contributed by atoms with Crippen LogP contribution in [0.4, 0.5) is 5.69 Å². The summed E-state index contributed by atoms with van der Waals surface area (Å²) in [6.07, 6.45) is 0.749. The predicted molar refractivity (Wildman–Crippen MR) is 62.6 cm³/mol. The van der Waals surface area contributed by atoms with Crippen LogP contribution < -0.4 is 4.90 Å². The average molecular weight is 223 g/mol. The van der Waals surface area contributed by atoms with Crippen molar-refractivity contribution in [3.8, 4) is 0 Å². The average Bonchev–Trinajstić information content (AvgIpc) is 2.29. The molecule has 0 aliphatic carbocycles. The Kier molecular flexibility index (Phi) is 5.36. The third-order valence-corrected chi connectivity index (χ3v) is 2.31. The summed E-state index contributed by atoms with van der Waals surface area (Å²) < 4.78 is 0. The van der Waals surface area contributed by atoms with E-state index in [1.165, 1.54) is 0 Å². The quantitative estimate of drug-likeness (QED) is 0.732. The van der Waals surface area contributed by atoms with Crippen molar-refractivity contribution in [3.63, 3.8) is 0 Å². The molecule has 0 spiro atoms. The number of nitrogens with zero attached hydrogens (tertiary/aromatic N) is 1. The Morgan fingerprint density at radius 1 is 1.19 bits per heavy atom. The van der Waals surface area contributed by atoms with Gasteiger partial charge in [0.25, 0.3) is 0 Å². The number of carbonyl (C=O) groups is 1. The lowest BCUT2D eigenvalue weighted by atomic mass is 10.2. The molecule has 0 aliphatic heterocycles. The molecule has 0 heterocycles. The van der Waals surface area contributed by atoms with Gasteiger partial charge in [-0.1, -0.05) is 18.2 Å². The largest absolute Gasteiger partial charge is 0.481 e. The number of carboxylic acid groups (broad SMARTS) is 1. The van der Waals surface area contributed by atoms with Crippen molar-refractivity contribution in [2.45, 2.75) is 12.8 Å². The van der Waals surface area contributed by atoms with Gasteiger partial charge in [-0.05, 0) is 18.6 Å². The Bertz CT molecular complexity index is 313. The van der Waals surface area contributed by atoms with E-state index in [2.05, 4.69) is 0 Å². The van der Waals surface area contributed by atoms with E-state index in [9.17, 15) is 4.79 Å². The number of aliphatic carboxylic acids is 1. The topological polar surface area (TPSA) is 60.8 Å². The van der Waals surface area contributed by atoms with E-state index in [4.69, 9.17) is 10.2 Å². The second-order valence-corrected chi connectivity index (χ2v) is 3.54. The Balaban J connectivity index is 2.51. The minimum Gasteiger partial charge on any atom is -0.481 e. The van der Waals surface area contributed by atoms with Crippen LogP contribution in [-0.2, 0) is 4.79 Å². The van der Waals surface area contributed by atoms with Gasteiger partial charge < -0.3 is 15.1 Å². The maximum absolute atomic E-state index is 10.4. The van der Waals surface area contributed by atoms with Gasteiger partial charge in [0, 0.05) is 25.2 Å². The molecule has 0 amide bonds. The van der Waals surface area contributed by atoms with Crippen molar-refractivity contribution in [2.24, 2.45) is 0 Å². The highest BCUT2D eigenvalue weighted by Crippen LogP contribution is 2.13. The summed E-state index contributed by atoms with van der Waals surface area (Å²) in [6, 6.07) is 9.69. The van der Waals surface area contributed by atoms with Crippen LogP contribution in [0.1, 0.15) is 12.8 Å². The van der Waals surface area contributed by atoms with E-state index < -0.39 is 5.97 Å². The Morgan fingerprint density at radius 3 is 2.44 bits per heavy atom. The summed E-state index contributed by atoms with van der Waals surface area (Å²) in [7, 11) is 0. The van der Waals surface area contributed by atoms with Gasteiger partial charge in [0.05, 0.1) is 6.61 Å². The first-order chi connectivity index (χ1) is 7.74. The standard InChI is InChI=1S/C12H17NO3/c14-10-9-13(8-4-7-12(15)16)11-5-2-1-3-6-11/h1-3,5-6,14H,4,7-10H2,(H,15,16). The van der Waals surface area contributed by atoms with Gasteiger partial charge >= 0.3 is 5.97 Å². The normalized spacial score (nSPS) is 10.1. The first-order valence-electron chi connectivity index (χ1n) is 5.36. The van der Waals surface area contributed by atoms with Crippen LogP contribution in [0, 0.1) is 0 Å². The smallest absolute Gasteiger partial charge is 0.303 e. The monoisotopic (exact) mass is 223 g/mol. The van der Waals surface area contributed by atoms with E-state index in [0.717, 1.165) is 5.69 Å². The van der Waals surface area contributed by atoms with E-state index in [1.807, 2.05) is 35.2 Å². The van der Waals surface area contributed by atoms with E-state index in [-0.39, 0.29) is 13.0 Å². The molecule has 4 heteroatoms. The molecule has 4 nitrogen and oxygen atoms in total. The molecule has 0 radical (unpaired) electrons. The predicted octanol–water partition coefficient (Wildman–Crippen LogP) is 1.35. The van der Waals surface area contributed by atoms with Crippen LogP contribution in [0.25, 0.3) is 0 Å². The molecular formula is C12H17NO3. The third kappa shape index (κ3) is 4.31. The molecule has 16 heavy (non-hydrogen) atoms. The molecule has 1 aromatic carbocycles. The number of hydrogen-bond donors (Lipinski definition) is 2. The van der Waals surface area contributed by atoms with Gasteiger partial charge in [0.15, 0.2) is 0 Å². The lowest BCUT2D eigenvalue weighted by Gasteiger charge is -2.23. The number of benzene rings is 1. The molecule has 0 saturated heterocycles. The van der Waals surface area contributed by atoms with Crippen LogP contribution in [-0.4, -0.2) is 35.9 Å². The van der Waals surface area contributed by atoms with Gasteiger partial charge in [-0.3, -0.25) is 4.79 Å². The zero-order valence-corrected chi connectivity index (χ0v) is 9.17. The molecule has 0 aromatic heterocycles. The summed E-state index contributed by atoms with van der Waals surface area (Å²) in [5.41, 5.74) is 1.02. The molecule has 1 aromatic rings. The molecule has 0 atom stereocenters. The van der Waals surface area contributed by atoms with Crippen LogP contribution in [0.3, 0.4) is 0 Å². The molecule has 88 valence electrons. The fraction of sp³-hybridized carbons (Fsp3) is 0.417. The molecular weight excluding hydrogens is 206 g/mol. The molecule has 0 aliphatic rings. The Labute approximate surface area is 95.1 Å². The molecule has 0 bridgehead atoms. The van der Waals surface area contributed by atoms with E-state index in [0.29, 0.717) is 19.5 Å². The summed E-state index contributed by atoms with van der Waals surface area (Å²) in [5, 5.41) is 17.5. The number of rotatable bonds is 7. The summed E-state index contributed by atoms with van der Waals surface area (Å²) in [6.45, 7) is 1.25. The number of carboxylic acids is 1. The maximum atomic E-state index is 10.4. The van der Waals surface area contributed by atoms with Crippen molar-refractivity contribution in [1.82, 2.24) is 0 Å². The first kappa shape index (κ1) is 12.5. The maximum Gasteiger partial charge on any atom is 0.303 e. The lowest BCUT2D eigenvalue weighted by Crippen LogP contribution is -2.28. The van der Waals surface area contributed by atoms with Gasteiger partial charge in [-0.25, -0.2) is 0 Å². The first-order valence-corrected chi connectivity index (χ1v) is 5.36. The highest BCUT2D eigenvalue weighted by molar-refractivity contribution is 5.66. The number of aliphatic hydroxyl groups excluding tert-OH is 1. The minimum absolute atomic E-state index is 0.0714. The van der Waals surface area contributed by atoms with Crippen molar-refractivity contribution < 1.29 is 15.0 Å². The Morgan fingerprint density at radius 2 is 1.88 bits per heavy atom. The lowest BCUT2D eigenvalue weighted by molar-refractivity contribution is -0.137. The fourth-order valence-electron chi connectivity index (χ4n) is 1.55. The number of anilines is 1. The van der Waals surface area contributed by atoms with E-state index in [1.54, 1.807) is 0 Å².